The number of alkyl halides is 1. The van der Waals surface area contributed by atoms with Gasteiger partial charge in [-0.15, -0.1) is 0 Å². The van der Waals surface area contributed by atoms with Gasteiger partial charge in [-0.25, -0.2) is 0 Å². The third-order valence-electron chi connectivity index (χ3n) is 2.23. The van der Waals surface area contributed by atoms with E-state index in [0.717, 1.165) is 17.3 Å². The summed E-state index contributed by atoms with van der Waals surface area (Å²) < 4.78 is 0.895. The molecule has 1 atom stereocenters. The van der Waals surface area contributed by atoms with Crippen LogP contribution in [-0.4, -0.2) is 16.6 Å². The van der Waals surface area contributed by atoms with Gasteiger partial charge in [-0.1, -0.05) is 45.2 Å². The average molecular weight is 378 g/mol. The topological polar surface area (TPSA) is 58.2 Å². The molecule has 2 N–H and O–H groups in total. The normalized spacial score (nSPS) is 11.7. The van der Waals surface area contributed by atoms with Crippen molar-refractivity contribution in [3.05, 3.63) is 34.3 Å². The molecule has 0 spiro atoms. The van der Waals surface area contributed by atoms with Crippen LogP contribution in [0.15, 0.2) is 28.7 Å². The van der Waals surface area contributed by atoms with E-state index in [-0.39, 0.29) is 16.6 Å². The van der Waals surface area contributed by atoms with Gasteiger partial charge in [0.05, 0.1) is 4.83 Å². The molecular weight excluding hydrogens is 364 g/mol. The Hall–Kier alpha value is -0.880. The minimum absolute atomic E-state index is 0.248. The maximum atomic E-state index is 11.7. The van der Waals surface area contributed by atoms with Crippen LogP contribution >= 0.6 is 31.9 Å². The van der Waals surface area contributed by atoms with Gasteiger partial charge in [-0.2, -0.15) is 0 Å². The molecule has 2 amide bonds. The van der Waals surface area contributed by atoms with Crippen LogP contribution in [0.1, 0.15) is 30.1 Å². The Bertz CT molecular complexity index is 421. The molecule has 1 aromatic carbocycles. The van der Waals surface area contributed by atoms with Gasteiger partial charge < -0.3 is 0 Å². The summed E-state index contributed by atoms with van der Waals surface area (Å²) in [6.07, 6.45) is 1.62. The molecule has 4 nitrogen and oxygen atoms in total. The first-order valence-electron chi connectivity index (χ1n) is 5.54. The fourth-order valence-electron chi connectivity index (χ4n) is 1.25. The Morgan fingerprint density at radius 1 is 1.22 bits per heavy atom. The number of nitrogens with one attached hydrogen (secondary N) is 2. The van der Waals surface area contributed by atoms with Gasteiger partial charge in [0, 0.05) is 10.0 Å². The second-order valence-corrected chi connectivity index (χ2v) is 5.73. The number of carbonyl (C=O) groups is 2. The minimum atomic E-state index is -0.341. The van der Waals surface area contributed by atoms with Crippen molar-refractivity contribution in [1.82, 2.24) is 10.9 Å². The van der Waals surface area contributed by atoms with Crippen LogP contribution in [0.2, 0.25) is 0 Å². The van der Waals surface area contributed by atoms with Crippen LogP contribution in [0.3, 0.4) is 0 Å². The number of amides is 2. The molecule has 0 fully saturated rings. The molecule has 0 radical (unpaired) electrons. The van der Waals surface area contributed by atoms with Crippen molar-refractivity contribution in [2.24, 2.45) is 0 Å². The van der Waals surface area contributed by atoms with Gasteiger partial charge in [0.2, 0.25) is 0 Å². The van der Waals surface area contributed by atoms with E-state index in [2.05, 4.69) is 42.7 Å². The summed E-state index contributed by atoms with van der Waals surface area (Å²) in [5, 5.41) is 0. The summed E-state index contributed by atoms with van der Waals surface area (Å²) in [5.74, 6) is -0.589. The summed E-state index contributed by atoms with van der Waals surface area (Å²) in [6.45, 7) is 1.99. The SMILES string of the molecule is CCCC(Br)C(=O)NNC(=O)c1ccc(Br)cc1. The number of halogens is 2. The number of hydrogen-bond donors (Lipinski definition) is 2. The Kier molecular flexibility index (Phi) is 6.35. The highest BCUT2D eigenvalue weighted by atomic mass is 79.9. The number of rotatable bonds is 4. The molecule has 0 saturated heterocycles. The second-order valence-electron chi connectivity index (χ2n) is 3.71. The third-order valence-corrected chi connectivity index (χ3v) is 3.63. The van der Waals surface area contributed by atoms with Crippen LogP contribution in [0.4, 0.5) is 0 Å². The van der Waals surface area contributed by atoms with E-state index in [9.17, 15) is 9.59 Å². The van der Waals surface area contributed by atoms with E-state index in [1.54, 1.807) is 24.3 Å². The highest BCUT2D eigenvalue weighted by molar-refractivity contribution is 9.10. The van der Waals surface area contributed by atoms with Crippen LogP contribution in [-0.2, 0) is 4.79 Å². The standard InChI is InChI=1S/C12H14Br2N2O2/c1-2-3-10(14)12(18)16-15-11(17)8-4-6-9(13)7-5-8/h4-7,10H,2-3H2,1H3,(H,15,17)(H,16,18). The predicted molar refractivity (Wildman–Crippen MR) is 77.4 cm³/mol. The lowest BCUT2D eigenvalue weighted by molar-refractivity contribution is -0.121. The number of hydrogen-bond acceptors (Lipinski definition) is 2. The summed E-state index contributed by atoms with van der Waals surface area (Å²) >= 11 is 6.54. The zero-order chi connectivity index (χ0) is 13.5. The average Bonchev–Trinajstić information content (AvgIpc) is 2.36. The van der Waals surface area contributed by atoms with Crippen molar-refractivity contribution in [2.75, 3.05) is 0 Å². The fourth-order valence-corrected chi connectivity index (χ4v) is 2.09. The fraction of sp³-hybridized carbons (Fsp3) is 0.333. The molecule has 0 saturated carbocycles. The van der Waals surface area contributed by atoms with Crippen molar-refractivity contribution < 1.29 is 9.59 Å². The lowest BCUT2D eigenvalue weighted by atomic mass is 10.2. The Morgan fingerprint density at radius 2 is 1.83 bits per heavy atom. The van der Waals surface area contributed by atoms with Crippen molar-refractivity contribution in [2.45, 2.75) is 24.6 Å². The molecule has 0 aliphatic heterocycles. The Labute approximate surface area is 123 Å². The zero-order valence-electron chi connectivity index (χ0n) is 9.87. The molecule has 18 heavy (non-hydrogen) atoms. The summed E-state index contributed by atoms with van der Waals surface area (Å²) in [7, 11) is 0. The Morgan fingerprint density at radius 3 is 2.39 bits per heavy atom. The molecule has 98 valence electrons. The van der Waals surface area contributed by atoms with E-state index in [4.69, 9.17) is 0 Å². The lowest BCUT2D eigenvalue weighted by Gasteiger charge is -2.10. The first-order chi connectivity index (χ1) is 8.54. The molecular formula is C12H14Br2N2O2. The van der Waals surface area contributed by atoms with Crippen molar-refractivity contribution in [1.29, 1.82) is 0 Å². The molecule has 0 bridgehead atoms. The summed E-state index contributed by atoms with van der Waals surface area (Å²) in [6, 6.07) is 6.87. The van der Waals surface area contributed by atoms with Crippen molar-refractivity contribution in [3.8, 4) is 0 Å². The molecule has 0 aromatic heterocycles. The van der Waals surface area contributed by atoms with E-state index < -0.39 is 0 Å². The van der Waals surface area contributed by atoms with Gasteiger partial charge in [0.15, 0.2) is 0 Å². The summed E-state index contributed by atoms with van der Waals surface area (Å²) in [4.78, 5) is 22.9. The van der Waals surface area contributed by atoms with Crippen LogP contribution in [0.25, 0.3) is 0 Å². The molecule has 0 aliphatic carbocycles. The van der Waals surface area contributed by atoms with E-state index in [1.165, 1.54) is 0 Å². The van der Waals surface area contributed by atoms with Crippen LogP contribution < -0.4 is 10.9 Å². The monoisotopic (exact) mass is 376 g/mol. The number of hydrazine groups is 1. The van der Waals surface area contributed by atoms with E-state index >= 15 is 0 Å². The smallest absolute Gasteiger partial charge is 0.269 e. The van der Waals surface area contributed by atoms with Gasteiger partial charge in [0.25, 0.3) is 11.8 Å². The van der Waals surface area contributed by atoms with Gasteiger partial charge >= 0.3 is 0 Å². The quantitative estimate of drug-likeness (QED) is 0.626. The van der Waals surface area contributed by atoms with Gasteiger partial charge in [0.1, 0.15) is 0 Å². The largest absolute Gasteiger partial charge is 0.272 e. The molecule has 1 aromatic rings. The number of benzene rings is 1. The first-order valence-corrected chi connectivity index (χ1v) is 7.25. The molecule has 0 heterocycles. The van der Waals surface area contributed by atoms with Crippen LogP contribution in [0, 0.1) is 0 Å². The highest BCUT2D eigenvalue weighted by Crippen LogP contribution is 2.10. The maximum absolute atomic E-state index is 11.7. The first kappa shape index (κ1) is 15.2. The van der Waals surface area contributed by atoms with Crippen molar-refractivity contribution in [3.63, 3.8) is 0 Å². The van der Waals surface area contributed by atoms with Gasteiger partial charge in [-0.3, -0.25) is 20.4 Å². The minimum Gasteiger partial charge on any atom is -0.272 e. The highest BCUT2D eigenvalue weighted by Gasteiger charge is 2.14. The van der Waals surface area contributed by atoms with Gasteiger partial charge in [-0.05, 0) is 30.7 Å². The third kappa shape index (κ3) is 4.78. The maximum Gasteiger partial charge on any atom is 0.269 e. The van der Waals surface area contributed by atoms with Crippen LogP contribution in [0.5, 0.6) is 0 Å². The second kappa shape index (κ2) is 7.53. The number of carbonyl (C=O) groups excluding carboxylic acids is 2. The molecule has 1 rings (SSSR count). The predicted octanol–water partition coefficient (Wildman–Crippen LogP) is 2.77. The summed E-state index contributed by atoms with van der Waals surface area (Å²) in [5.41, 5.74) is 5.24. The molecule has 1 unspecified atom stereocenters. The Balaban J connectivity index is 2.46. The lowest BCUT2D eigenvalue weighted by Crippen LogP contribution is -2.44. The zero-order valence-corrected chi connectivity index (χ0v) is 13.0. The van der Waals surface area contributed by atoms with E-state index in [0.29, 0.717) is 5.56 Å². The molecule has 0 aliphatic rings. The van der Waals surface area contributed by atoms with Crippen molar-refractivity contribution >= 4 is 43.7 Å². The molecule has 6 heteroatoms. The van der Waals surface area contributed by atoms with E-state index in [1.807, 2.05) is 6.92 Å².